The number of halogens is 3. The quantitative estimate of drug-likeness (QED) is 0.145. The molecular formula is C33H29BrFIN2O7S. The standard InChI is InChI=1S/C33H29BrFIN2O7S/c1-6-44-32(40)28-17(2)37-33-38(29(28)21-14-24(41-3)25(42-4)15-22(21)34)31(39)27(46-33)13-19-11-23(36)30(26(12-19)43-5)45-16-18-7-9-20(35)10-8-18/h7-15,29H,6,16H2,1-5H3/b27-13-/t29-/m0/s1. The summed E-state index contributed by atoms with van der Waals surface area (Å²) >= 11 is 6.97. The molecule has 0 unspecified atom stereocenters. The van der Waals surface area contributed by atoms with Crippen LogP contribution in [0.5, 0.6) is 23.0 Å². The van der Waals surface area contributed by atoms with Crippen molar-refractivity contribution >= 4 is 61.9 Å². The summed E-state index contributed by atoms with van der Waals surface area (Å²) in [5.74, 6) is 1.03. The molecule has 1 aliphatic heterocycles. The smallest absolute Gasteiger partial charge is 0.338 e. The number of carbonyl (C=O) groups is 1. The van der Waals surface area contributed by atoms with Gasteiger partial charge in [0.25, 0.3) is 5.56 Å². The Morgan fingerprint density at radius 3 is 2.39 bits per heavy atom. The van der Waals surface area contributed by atoms with Crippen LogP contribution >= 0.6 is 49.9 Å². The number of hydrogen-bond donors (Lipinski definition) is 0. The van der Waals surface area contributed by atoms with Gasteiger partial charge >= 0.3 is 5.97 Å². The summed E-state index contributed by atoms with van der Waals surface area (Å²) in [5, 5.41) is 0. The van der Waals surface area contributed by atoms with Gasteiger partial charge in [0.15, 0.2) is 27.8 Å². The Bertz CT molecular complexity index is 2030. The molecule has 240 valence electrons. The lowest BCUT2D eigenvalue weighted by atomic mass is 9.95. The fraction of sp³-hybridized carbons (Fsp3) is 0.242. The van der Waals surface area contributed by atoms with E-state index in [1.54, 1.807) is 50.3 Å². The van der Waals surface area contributed by atoms with Crippen molar-refractivity contribution in [1.29, 1.82) is 0 Å². The van der Waals surface area contributed by atoms with Crippen LogP contribution in [0.1, 0.15) is 36.6 Å². The maximum Gasteiger partial charge on any atom is 0.338 e. The summed E-state index contributed by atoms with van der Waals surface area (Å²) < 4.78 is 44.7. The van der Waals surface area contributed by atoms with Crippen molar-refractivity contribution in [3.63, 3.8) is 0 Å². The van der Waals surface area contributed by atoms with Gasteiger partial charge in [-0.3, -0.25) is 9.36 Å². The molecule has 1 atom stereocenters. The molecule has 9 nitrogen and oxygen atoms in total. The van der Waals surface area contributed by atoms with E-state index < -0.39 is 12.0 Å². The van der Waals surface area contributed by atoms with Gasteiger partial charge in [0.05, 0.1) is 53.4 Å². The maximum atomic E-state index is 14.2. The molecule has 0 N–H and O–H groups in total. The third-order valence-corrected chi connectivity index (χ3v) is 9.63. The number of methoxy groups -OCH3 is 3. The van der Waals surface area contributed by atoms with Crippen molar-refractivity contribution < 1.29 is 32.9 Å². The number of carbonyl (C=O) groups excluding carboxylic acids is 1. The Morgan fingerprint density at radius 2 is 1.74 bits per heavy atom. The van der Waals surface area contributed by atoms with Crippen LogP contribution in [-0.4, -0.2) is 38.5 Å². The third kappa shape index (κ3) is 6.72. The van der Waals surface area contributed by atoms with Crippen LogP contribution in [0.4, 0.5) is 4.39 Å². The van der Waals surface area contributed by atoms with E-state index in [9.17, 15) is 14.0 Å². The molecule has 0 aliphatic carbocycles. The first-order chi connectivity index (χ1) is 22.1. The average molecular weight is 823 g/mol. The fourth-order valence-electron chi connectivity index (χ4n) is 5.02. The number of rotatable bonds is 10. The van der Waals surface area contributed by atoms with Gasteiger partial charge < -0.3 is 23.7 Å². The number of nitrogens with zero attached hydrogens (tertiary/aromatic N) is 2. The van der Waals surface area contributed by atoms with Crippen molar-refractivity contribution in [3.8, 4) is 23.0 Å². The number of hydrogen-bond acceptors (Lipinski definition) is 9. The second-order valence-corrected chi connectivity index (χ2v) is 13.0. The minimum absolute atomic E-state index is 0.157. The highest BCUT2D eigenvalue weighted by atomic mass is 127. The van der Waals surface area contributed by atoms with Gasteiger partial charge in [-0.05, 0) is 95.6 Å². The molecule has 1 aromatic heterocycles. The molecule has 2 heterocycles. The van der Waals surface area contributed by atoms with Crippen molar-refractivity contribution in [2.75, 3.05) is 27.9 Å². The number of esters is 1. The predicted octanol–water partition coefficient (Wildman–Crippen LogP) is 5.91. The van der Waals surface area contributed by atoms with Crippen molar-refractivity contribution in [3.05, 3.63) is 110 Å². The van der Waals surface area contributed by atoms with E-state index in [4.69, 9.17) is 23.7 Å². The lowest BCUT2D eigenvalue weighted by molar-refractivity contribution is -0.139. The van der Waals surface area contributed by atoms with Crippen LogP contribution in [0, 0.1) is 9.39 Å². The number of thiazole rings is 1. The molecule has 13 heteroatoms. The van der Waals surface area contributed by atoms with Crippen LogP contribution < -0.4 is 33.8 Å². The zero-order chi connectivity index (χ0) is 33.1. The zero-order valence-corrected chi connectivity index (χ0v) is 30.0. The predicted molar refractivity (Wildman–Crippen MR) is 184 cm³/mol. The lowest BCUT2D eigenvalue weighted by Crippen LogP contribution is -2.40. The number of allylic oxidation sites excluding steroid dienone is 1. The first kappa shape index (κ1) is 33.7. The summed E-state index contributed by atoms with van der Waals surface area (Å²) in [6, 6.07) is 12.3. The first-order valence-electron chi connectivity index (χ1n) is 14.0. The highest BCUT2D eigenvalue weighted by Gasteiger charge is 2.35. The highest BCUT2D eigenvalue weighted by molar-refractivity contribution is 14.1. The van der Waals surface area contributed by atoms with Gasteiger partial charge in [-0.2, -0.15) is 0 Å². The normalized spacial score (nSPS) is 14.4. The topological polar surface area (TPSA) is 97.6 Å². The van der Waals surface area contributed by atoms with Gasteiger partial charge in [0, 0.05) is 4.47 Å². The largest absolute Gasteiger partial charge is 0.493 e. The molecule has 1 aliphatic rings. The molecule has 0 spiro atoms. The monoisotopic (exact) mass is 822 g/mol. The molecule has 0 amide bonds. The van der Waals surface area contributed by atoms with E-state index in [0.717, 1.165) is 9.13 Å². The summed E-state index contributed by atoms with van der Waals surface area (Å²) in [6.45, 7) is 3.82. The zero-order valence-electron chi connectivity index (χ0n) is 25.5. The Morgan fingerprint density at radius 1 is 1.07 bits per heavy atom. The Kier molecular flexibility index (Phi) is 10.5. The Balaban J connectivity index is 1.62. The van der Waals surface area contributed by atoms with Crippen molar-refractivity contribution in [2.24, 2.45) is 4.99 Å². The molecule has 3 aromatic carbocycles. The van der Waals surface area contributed by atoms with Crippen LogP contribution in [0.15, 0.2) is 74.1 Å². The highest BCUT2D eigenvalue weighted by Crippen LogP contribution is 2.41. The fourth-order valence-corrected chi connectivity index (χ4v) is 7.38. The summed E-state index contributed by atoms with van der Waals surface area (Å²) in [7, 11) is 4.58. The maximum absolute atomic E-state index is 14.2. The summed E-state index contributed by atoms with van der Waals surface area (Å²) in [4.78, 5) is 32.6. The average Bonchev–Trinajstić information content (AvgIpc) is 3.33. The van der Waals surface area contributed by atoms with Gasteiger partial charge in [0.2, 0.25) is 0 Å². The van der Waals surface area contributed by atoms with Crippen LogP contribution in [0.2, 0.25) is 0 Å². The molecule has 0 fully saturated rings. The van der Waals surface area contributed by atoms with E-state index in [2.05, 4.69) is 43.5 Å². The van der Waals surface area contributed by atoms with Crippen molar-refractivity contribution in [1.82, 2.24) is 4.57 Å². The first-order valence-corrected chi connectivity index (χ1v) is 16.6. The summed E-state index contributed by atoms with van der Waals surface area (Å²) in [6.07, 6.45) is 1.75. The minimum Gasteiger partial charge on any atom is -0.493 e. The van der Waals surface area contributed by atoms with Crippen LogP contribution in [0.3, 0.4) is 0 Å². The summed E-state index contributed by atoms with van der Waals surface area (Å²) in [5.41, 5.74) is 2.45. The van der Waals surface area contributed by atoms with E-state index in [-0.39, 0.29) is 30.2 Å². The second kappa shape index (κ2) is 14.4. The minimum atomic E-state index is -0.858. The van der Waals surface area contributed by atoms with Crippen LogP contribution in [0.25, 0.3) is 6.08 Å². The van der Waals surface area contributed by atoms with E-state index >= 15 is 0 Å². The van der Waals surface area contributed by atoms with E-state index in [0.29, 0.717) is 53.6 Å². The molecule has 0 bridgehead atoms. The van der Waals surface area contributed by atoms with E-state index in [1.165, 1.54) is 49.4 Å². The van der Waals surface area contributed by atoms with Gasteiger partial charge in [-0.15, -0.1) is 0 Å². The molecule has 4 aromatic rings. The number of aromatic nitrogens is 1. The van der Waals surface area contributed by atoms with Crippen LogP contribution in [-0.2, 0) is 16.1 Å². The number of fused-ring (bicyclic) bond motifs is 1. The Hall–Kier alpha value is -3.69. The molecule has 46 heavy (non-hydrogen) atoms. The molecule has 0 saturated carbocycles. The van der Waals surface area contributed by atoms with Gasteiger partial charge in [-0.1, -0.05) is 39.4 Å². The number of benzene rings is 3. The second-order valence-electron chi connectivity index (χ2n) is 9.98. The molecule has 5 rings (SSSR count). The van der Waals surface area contributed by atoms with E-state index in [1.807, 2.05) is 6.07 Å². The van der Waals surface area contributed by atoms with Gasteiger partial charge in [0.1, 0.15) is 12.4 Å². The molecule has 0 saturated heterocycles. The molecule has 0 radical (unpaired) electrons. The Labute approximate surface area is 290 Å². The third-order valence-electron chi connectivity index (χ3n) is 7.16. The molecular weight excluding hydrogens is 794 g/mol. The lowest BCUT2D eigenvalue weighted by Gasteiger charge is -2.26. The number of ether oxygens (including phenoxy) is 5. The van der Waals surface area contributed by atoms with Crippen molar-refractivity contribution in [2.45, 2.75) is 26.5 Å². The SMILES string of the molecule is CCOC(=O)C1=C(C)N=c2s/c(=C\c3cc(I)c(OCc4ccc(F)cc4)c(OC)c3)c(=O)n2[C@H]1c1cc(OC)c(OC)cc1Br. The van der Waals surface area contributed by atoms with Gasteiger partial charge in [-0.25, -0.2) is 14.2 Å².